The number of aromatic nitrogens is 1. The molecule has 2 aromatic rings. The van der Waals surface area contributed by atoms with E-state index < -0.39 is 5.97 Å². The van der Waals surface area contributed by atoms with Crippen LogP contribution < -0.4 is 0 Å². The van der Waals surface area contributed by atoms with Gasteiger partial charge in [0.25, 0.3) is 0 Å². The minimum absolute atomic E-state index is 0.0181. The zero-order chi connectivity index (χ0) is 14.2. The molecule has 0 radical (unpaired) electrons. The van der Waals surface area contributed by atoms with Crippen molar-refractivity contribution < 1.29 is 9.90 Å². The van der Waals surface area contributed by atoms with Gasteiger partial charge < -0.3 is 9.67 Å². The number of rotatable bonds is 2. The molecule has 1 N–H and O–H groups in total. The van der Waals surface area contributed by atoms with E-state index in [9.17, 15) is 4.79 Å². The Morgan fingerprint density at radius 3 is 2.26 bits per heavy atom. The molecule has 0 aliphatic carbocycles. The molecule has 19 heavy (non-hydrogen) atoms. The molecule has 0 spiro atoms. The first kappa shape index (κ1) is 13.4. The van der Waals surface area contributed by atoms with Crippen molar-refractivity contribution in [1.82, 2.24) is 4.57 Å². The second-order valence-electron chi connectivity index (χ2n) is 5.76. The van der Waals surface area contributed by atoms with Crippen molar-refractivity contribution in [3.05, 3.63) is 47.7 Å². The number of nitrogens with zero attached hydrogens (tertiary/aromatic N) is 1. The van der Waals surface area contributed by atoms with E-state index in [4.69, 9.17) is 5.11 Å². The summed E-state index contributed by atoms with van der Waals surface area (Å²) in [6.45, 7) is 6.48. The molecule has 0 amide bonds. The van der Waals surface area contributed by atoms with Crippen LogP contribution in [0, 0.1) is 0 Å². The van der Waals surface area contributed by atoms with E-state index in [2.05, 4.69) is 26.8 Å². The molecule has 0 aliphatic rings. The van der Waals surface area contributed by atoms with Crippen molar-refractivity contribution >= 4 is 5.97 Å². The third-order valence-electron chi connectivity index (χ3n) is 3.35. The van der Waals surface area contributed by atoms with Gasteiger partial charge in [-0.25, -0.2) is 4.79 Å². The van der Waals surface area contributed by atoms with E-state index in [0.717, 1.165) is 11.3 Å². The van der Waals surface area contributed by atoms with Crippen molar-refractivity contribution in [2.75, 3.05) is 0 Å². The van der Waals surface area contributed by atoms with Gasteiger partial charge in [-0.1, -0.05) is 45.0 Å². The summed E-state index contributed by atoms with van der Waals surface area (Å²) in [7, 11) is 1.79. The molecule has 0 unspecified atom stereocenters. The Hall–Kier alpha value is -2.03. The number of hydrogen-bond donors (Lipinski definition) is 1. The number of aromatic carboxylic acids is 1. The van der Waals surface area contributed by atoms with Crippen molar-refractivity contribution in [2.45, 2.75) is 26.2 Å². The van der Waals surface area contributed by atoms with E-state index in [1.807, 2.05) is 24.3 Å². The molecule has 0 saturated heterocycles. The maximum Gasteiger partial charge on any atom is 0.352 e. The predicted molar refractivity (Wildman–Crippen MR) is 76.5 cm³/mol. The number of hydrogen-bond acceptors (Lipinski definition) is 1. The fourth-order valence-corrected chi connectivity index (χ4v) is 2.36. The zero-order valence-corrected chi connectivity index (χ0v) is 11.8. The van der Waals surface area contributed by atoms with Gasteiger partial charge >= 0.3 is 5.97 Å². The summed E-state index contributed by atoms with van der Waals surface area (Å²) in [5.74, 6) is -0.901. The van der Waals surface area contributed by atoms with E-state index >= 15 is 0 Å². The molecular formula is C16H19NO2. The Balaban J connectivity index is 2.64. The van der Waals surface area contributed by atoms with E-state index in [0.29, 0.717) is 5.69 Å². The summed E-state index contributed by atoms with van der Waals surface area (Å²) < 4.78 is 1.73. The van der Waals surface area contributed by atoms with Crippen LogP contribution in [0.2, 0.25) is 0 Å². The minimum Gasteiger partial charge on any atom is -0.477 e. The lowest BCUT2D eigenvalue weighted by Gasteiger charge is -2.23. The SMILES string of the molecule is Cn1c(C(=O)O)ccc1-c1ccccc1C(C)(C)C. The van der Waals surface area contributed by atoms with Gasteiger partial charge in [-0.05, 0) is 23.1 Å². The van der Waals surface area contributed by atoms with Gasteiger partial charge in [-0.15, -0.1) is 0 Å². The van der Waals surface area contributed by atoms with Crippen LogP contribution in [0.1, 0.15) is 36.8 Å². The van der Waals surface area contributed by atoms with Gasteiger partial charge in [0.2, 0.25) is 0 Å². The van der Waals surface area contributed by atoms with Gasteiger partial charge in [-0.3, -0.25) is 0 Å². The average Bonchev–Trinajstić information content (AvgIpc) is 2.70. The van der Waals surface area contributed by atoms with Crippen LogP contribution in [0.25, 0.3) is 11.3 Å². The molecule has 1 heterocycles. The molecule has 100 valence electrons. The van der Waals surface area contributed by atoms with Gasteiger partial charge in [-0.2, -0.15) is 0 Å². The Labute approximate surface area is 113 Å². The zero-order valence-electron chi connectivity index (χ0n) is 11.8. The van der Waals surface area contributed by atoms with Crippen LogP contribution in [0.15, 0.2) is 36.4 Å². The molecule has 3 heteroatoms. The first-order valence-electron chi connectivity index (χ1n) is 6.31. The van der Waals surface area contributed by atoms with Gasteiger partial charge in [0.15, 0.2) is 0 Å². The van der Waals surface area contributed by atoms with Crippen molar-refractivity contribution in [2.24, 2.45) is 7.05 Å². The molecule has 3 nitrogen and oxygen atoms in total. The fraction of sp³-hybridized carbons (Fsp3) is 0.312. The van der Waals surface area contributed by atoms with Crippen LogP contribution in [-0.2, 0) is 12.5 Å². The highest BCUT2D eigenvalue weighted by Gasteiger charge is 2.20. The summed E-state index contributed by atoms with van der Waals surface area (Å²) in [4.78, 5) is 11.1. The lowest BCUT2D eigenvalue weighted by atomic mass is 9.83. The predicted octanol–water partition coefficient (Wildman–Crippen LogP) is 3.69. The fourth-order valence-electron chi connectivity index (χ4n) is 2.36. The first-order chi connectivity index (χ1) is 8.82. The smallest absolute Gasteiger partial charge is 0.352 e. The third kappa shape index (κ3) is 2.41. The Kier molecular flexibility index (Phi) is 3.23. The Morgan fingerprint density at radius 1 is 1.11 bits per heavy atom. The van der Waals surface area contributed by atoms with Crippen LogP contribution in [0.3, 0.4) is 0 Å². The number of benzene rings is 1. The largest absolute Gasteiger partial charge is 0.477 e. The average molecular weight is 257 g/mol. The highest BCUT2D eigenvalue weighted by Crippen LogP contribution is 2.33. The molecular weight excluding hydrogens is 238 g/mol. The van der Waals surface area contributed by atoms with Gasteiger partial charge in [0, 0.05) is 18.3 Å². The molecule has 0 fully saturated rings. The molecule has 0 atom stereocenters. The standard InChI is InChI=1S/C16H19NO2/c1-16(2,3)12-8-6-5-7-11(12)13-9-10-14(15(18)19)17(13)4/h5-10H,1-4H3,(H,18,19). The summed E-state index contributed by atoms with van der Waals surface area (Å²) in [6, 6.07) is 11.7. The molecule has 2 rings (SSSR count). The van der Waals surface area contributed by atoms with Crippen molar-refractivity contribution in [3.63, 3.8) is 0 Å². The van der Waals surface area contributed by atoms with Crippen LogP contribution in [0.4, 0.5) is 0 Å². The maximum absolute atomic E-state index is 11.1. The normalized spacial score (nSPS) is 11.6. The summed E-state index contributed by atoms with van der Waals surface area (Å²) >= 11 is 0. The quantitative estimate of drug-likeness (QED) is 0.891. The lowest BCUT2D eigenvalue weighted by molar-refractivity contribution is 0.0687. The highest BCUT2D eigenvalue weighted by molar-refractivity contribution is 5.87. The number of carboxylic acids is 1. The monoisotopic (exact) mass is 257 g/mol. The third-order valence-corrected chi connectivity index (χ3v) is 3.35. The van der Waals surface area contributed by atoms with Gasteiger partial charge in [0.05, 0.1) is 0 Å². The summed E-state index contributed by atoms with van der Waals surface area (Å²) in [6.07, 6.45) is 0. The minimum atomic E-state index is -0.901. The lowest BCUT2D eigenvalue weighted by Crippen LogP contribution is -2.13. The first-order valence-corrected chi connectivity index (χ1v) is 6.31. The summed E-state index contributed by atoms with van der Waals surface area (Å²) in [5, 5.41) is 9.13. The summed E-state index contributed by atoms with van der Waals surface area (Å²) in [5.41, 5.74) is 3.56. The topological polar surface area (TPSA) is 42.2 Å². The molecule has 1 aromatic carbocycles. The van der Waals surface area contributed by atoms with Crippen LogP contribution in [0.5, 0.6) is 0 Å². The number of carboxylic acid groups (broad SMARTS) is 1. The van der Waals surface area contributed by atoms with E-state index in [-0.39, 0.29) is 5.41 Å². The Bertz CT molecular complexity index is 618. The maximum atomic E-state index is 11.1. The highest BCUT2D eigenvalue weighted by atomic mass is 16.4. The molecule has 0 saturated carbocycles. The second-order valence-corrected chi connectivity index (χ2v) is 5.76. The molecule has 1 aromatic heterocycles. The molecule has 0 aliphatic heterocycles. The van der Waals surface area contributed by atoms with Crippen molar-refractivity contribution in [3.8, 4) is 11.3 Å². The Morgan fingerprint density at radius 2 is 1.74 bits per heavy atom. The van der Waals surface area contributed by atoms with Crippen molar-refractivity contribution in [1.29, 1.82) is 0 Å². The number of carbonyl (C=O) groups is 1. The van der Waals surface area contributed by atoms with Crippen LogP contribution in [-0.4, -0.2) is 15.6 Å². The van der Waals surface area contributed by atoms with Crippen LogP contribution >= 0.6 is 0 Å². The second kappa shape index (κ2) is 4.57. The molecule has 0 bridgehead atoms. The van der Waals surface area contributed by atoms with E-state index in [1.165, 1.54) is 5.56 Å². The van der Waals surface area contributed by atoms with Gasteiger partial charge in [0.1, 0.15) is 5.69 Å². The van der Waals surface area contributed by atoms with E-state index in [1.54, 1.807) is 17.7 Å².